The molecule has 0 aromatic carbocycles. The van der Waals surface area contributed by atoms with Crippen LogP contribution in [0.25, 0.3) is 0 Å². The molecule has 0 amide bonds. The maximum absolute atomic E-state index is 5.42. The minimum Gasteiger partial charge on any atom is -0.381 e. The van der Waals surface area contributed by atoms with E-state index in [4.69, 9.17) is 4.74 Å². The van der Waals surface area contributed by atoms with Crippen LogP contribution < -0.4 is 5.32 Å². The molecule has 1 saturated heterocycles. The minimum absolute atomic E-state index is 0.490. The van der Waals surface area contributed by atoms with E-state index in [0.717, 1.165) is 30.5 Å². The molecule has 0 radical (unpaired) electrons. The van der Waals surface area contributed by atoms with Crippen molar-refractivity contribution in [3.05, 3.63) is 6.33 Å². The van der Waals surface area contributed by atoms with Gasteiger partial charge in [-0.1, -0.05) is 11.8 Å². The van der Waals surface area contributed by atoms with Crippen LogP contribution in [0.1, 0.15) is 6.42 Å². The van der Waals surface area contributed by atoms with Crippen molar-refractivity contribution >= 4 is 11.8 Å². The van der Waals surface area contributed by atoms with Gasteiger partial charge >= 0.3 is 0 Å². The lowest BCUT2D eigenvalue weighted by Crippen LogP contribution is -2.36. The summed E-state index contributed by atoms with van der Waals surface area (Å²) in [5.41, 5.74) is 0. The molecule has 2 atom stereocenters. The summed E-state index contributed by atoms with van der Waals surface area (Å²) >= 11 is 1.74. The highest BCUT2D eigenvalue weighted by molar-refractivity contribution is 7.99. The number of aryl methyl sites for hydroxylation is 1. The van der Waals surface area contributed by atoms with Gasteiger partial charge in [0.2, 0.25) is 0 Å². The first kappa shape index (κ1) is 11.9. The molecule has 2 unspecified atom stereocenters. The van der Waals surface area contributed by atoms with Crippen LogP contribution in [0.5, 0.6) is 0 Å². The molecule has 90 valence electrons. The molecule has 2 rings (SSSR count). The summed E-state index contributed by atoms with van der Waals surface area (Å²) in [7, 11) is 3.98. The molecular weight excluding hydrogens is 224 g/mol. The maximum Gasteiger partial charge on any atom is 0.190 e. The third-order valence-electron chi connectivity index (χ3n) is 2.97. The van der Waals surface area contributed by atoms with Crippen molar-refractivity contribution in [2.24, 2.45) is 13.0 Å². The average Bonchev–Trinajstić information content (AvgIpc) is 2.92. The number of hydrogen-bond acceptors (Lipinski definition) is 5. The van der Waals surface area contributed by atoms with E-state index in [-0.39, 0.29) is 0 Å². The van der Waals surface area contributed by atoms with Crippen molar-refractivity contribution in [1.29, 1.82) is 0 Å². The Kier molecular flexibility index (Phi) is 4.20. The lowest BCUT2D eigenvalue weighted by atomic mass is 10.0. The molecule has 2 heterocycles. The fourth-order valence-corrected chi connectivity index (χ4v) is 3.02. The predicted molar refractivity (Wildman–Crippen MR) is 63.5 cm³/mol. The summed E-state index contributed by atoms with van der Waals surface area (Å²) in [5.74, 6) is 1.64. The minimum atomic E-state index is 0.490. The molecule has 6 heteroatoms. The zero-order chi connectivity index (χ0) is 11.4. The summed E-state index contributed by atoms with van der Waals surface area (Å²) in [6, 6.07) is 0.490. The van der Waals surface area contributed by atoms with Gasteiger partial charge in [-0.2, -0.15) is 0 Å². The van der Waals surface area contributed by atoms with Crippen molar-refractivity contribution < 1.29 is 4.74 Å². The summed E-state index contributed by atoms with van der Waals surface area (Å²) in [6.07, 6.45) is 2.89. The number of rotatable bonds is 5. The van der Waals surface area contributed by atoms with E-state index in [9.17, 15) is 0 Å². The monoisotopic (exact) mass is 242 g/mol. The topological polar surface area (TPSA) is 52.0 Å². The molecule has 1 N–H and O–H groups in total. The zero-order valence-electron chi connectivity index (χ0n) is 9.72. The molecule has 1 aromatic rings. The first-order valence-corrected chi connectivity index (χ1v) is 6.51. The van der Waals surface area contributed by atoms with Gasteiger partial charge in [0.15, 0.2) is 5.16 Å². The van der Waals surface area contributed by atoms with Gasteiger partial charge in [0.25, 0.3) is 0 Å². The molecule has 1 aromatic heterocycles. The Bertz CT molecular complexity index is 324. The van der Waals surface area contributed by atoms with Crippen LogP contribution in [0.2, 0.25) is 0 Å². The summed E-state index contributed by atoms with van der Waals surface area (Å²) in [4.78, 5) is 0. The van der Waals surface area contributed by atoms with E-state index < -0.39 is 0 Å². The average molecular weight is 242 g/mol. The number of aromatic nitrogens is 3. The van der Waals surface area contributed by atoms with Crippen LogP contribution in [0, 0.1) is 5.92 Å². The van der Waals surface area contributed by atoms with Gasteiger partial charge in [-0.25, -0.2) is 0 Å². The smallest absolute Gasteiger partial charge is 0.190 e. The van der Waals surface area contributed by atoms with Crippen molar-refractivity contribution in [2.75, 3.05) is 26.0 Å². The first-order valence-electron chi connectivity index (χ1n) is 5.53. The molecular formula is C10H18N4OS. The van der Waals surface area contributed by atoms with Crippen LogP contribution in [-0.4, -0.2) is 46.8 Å². The Morgan fingerprint density at radius 1 is 1.75 bits per heavy atom. The summed E-state index contributed by atoms with van der Waals surface area (Å²) in [6.45, 7) is 1.78. The number of nitrogens with zero attached hydrogens (tertiary/aromatic N) is 3. The second-order valence-corrected chi connectivity index (χ2v) is 5.04. The third kappa shape index (κ3) is 2.75. The second-order valence-electron chi connectivity index (χ2n) is 4.05. The Balaban J connectivity index is 1.85. The standard InChI is InChI=1S/C10H18N4OS/c1-11-9(8-3-4-15-5-8)6-16-10-13-12-7-14(10)2/h7-9,11H,3-6H2,1-2H3. The molecule has 1 fully saturated rings. The molecule has 0 spiro atoms. The van der Waals surface area contributed by atoms with Crippen LogP contribution >= 0.6 is 11.8 Å². The highest BCUT2D eigenvalue weighted by Gasteiger charge is 2.24. The van der Waals surface area contributed by atoms with Gasteiger partial charge in [0, 0.05) is 31.4 Å². The summed E-state index contributed by atoms with van der Waals surface area (Å²) < 4.78 is 7.37. The van der Waals surface area contributed by atoms with E-state index in [1.807, 2.05) is 18.7 Å². The Hall–Kier alpha value is -0.590. The van der Waals surface area contributed by atoms with Crippen molar-refractivity contribution in [1.82, 2.24) is 20.1 Å². The number of nitrogens with one attached hydrogen (secondary N) is 1. The first-order chi connectivity index (χ1) is 7.81. The summed E-state index contributed by atoms with van der Waals surface area (Å²) in [5, 5.41) is 12.3. The van der Waals surface area contributed by atoms with Gasteiger partial charge in [-0.3, -0.25) is 0 Å². The maximum atomic E-state index is 5.42. The van der Waals surface area contributed by atoms with Gasteiger partial charge in [-0.05, 0) is 13.5 Å². The van der Waals surface area contributed by atoms with Crippen LogP contribution in [0.15, 0.2) is 11.5 Å². The van der Waals surface area contributed by atoms with Crippen molar-refractivity contribution in [2.45, 2.75) is 17.6 Å². The number of hydrogen-bond donors (Lipinski definition) is 1. The largest absolute Gasteiger partial charge is 0.381 e. The van der Waals surface area contributed by atoms with E-state index >= 15 is 0 Å². The molecule has 1 aliphatic rings. The van der Waals surface area contributed by atoms with Gasteiger partial charge in [0.05, 0.1) is 6.61 Å². The van der Waals surface area contributed by atoms with E-state index in [1.165, 1.54) is 0 Å². The number of ether oxygens (including phenoxy) is 1. The fraction of sp³-hybridized carbons (Fsp3) is 0.800. The Labute approximate surface area is 100.0 Å². The molecule has 1 aliphatic heterocycles. The van der Waals surface area contributed by atoms with E-state index in [1.54, 1.807) is 18.1 Å². The molecule has 5 nitrogen and oxygen atoms in total. The van der Waals surface area contributed by atoms with E-state index in [0.29, 0.717) is 12.0 Å². The second kappa shape index (κ2) is 5.65. The van der Waals surface area contributed by atoms with Gasteiger partial charge < -0.3 is 14.6 Å². The SMILES string of the molecule is CNC(CSc1nncn1C)C1CCOC1. The predicted octanol–water partition coefficient (Wildman–Crippen LogP) is 0.532. The highest BCUT2D eigenvalue weighted by Crippen LogP contribution is 2.22. The Morgan fingerprint density at radius 2 is 2.62 bits per heavy atom. The molecule has 0 saturated carbocycles. The van der Waals surface area contributed by atoms with E-state index in [2.05, 4.69) is 15.5 Å². The fourth-order valence-electron chi connectivity index (χ4n) is 1.89. The molecule has 16 heavy (non-hydrogen) atoms. The van der Waals surface area contributed by atoms with Gasteiger partial charge in [0.1, 0.15) is 6.33 Å². The third-order valence-corrected chi connectivity index (χ3v) is 4.12. The van der Waals surface area contributed by atoms with Crippen LogP contribution in [0.4, 0.5) is 0 Å². The highest BCUT2D eigenvalue weighted by atomic mass is 32.2. The Morgan fingerprint density at radius 3 is 3.19 bits per heavy atom. The molecule has 0 aliphatic carbocycles. The van der Waals surface area contributed by atoms with Crippen molar-refractivity contribution in [3.63, 3.8) is 0 Å². The normalized spacial score (nSPS) is 22.5. The quantitative estimate of drug-likeness (QED) is 0.763. The van der Waals surface area contributed by atoms with Crippen LogP contribution in [-0.2, 0) is 11.8 Å². The zero-order valence-corrected chi connectivity index (χ0v) is 10.5. The van der Waals surface area contributed by atoms with Crippen LogP contribution in [0.3, 0.4) is 0 Å². The lowest BCUT2D eigenvalue weighted by Gasteiger charge is -2.20. The van der Waals surface area contributed by atoms with Gasteiger partial charge in [-0.15, -0.1) is 10.2 Å². The molecule has 0 bridgehead atoms. The van der Waals surface area contributed by atoms with Crippen molar-refractivity contribution in [3.8, 4) is 0 Å². The number of thioether (sulfide) groups is 1. The lowest BCUT2D eigenvalue weighted by molar-refractivity contribution is 0.179.